The van der Waals surface area contributed by atoms with Crippen molar-refractivity contribution in [3.63, 3.8) is 0 Å². The molecule has 0 bridgehead atoms. The van der Waals surface area contributed by atoms with E-state index in [1.54, 1.807) is 6.07 Å². The molecule has 0 aliphatic heterocycles. The normalized spacial score (nSPS) is 10.9. The van der Waals surface area contributed by atoms with E-state index >= 15 is 0 Å². The third-order valence-corrected chi connectivity index (χ3v) is 2.44. The highest BCUT2D eigenvalue weighted by Gasteiger charge is 2.11. The van der Waals surface area contributed by atoms with Crippen molar-refractivity contribution in [2.45, 2.75) is 0 Å². The molecule has 80 valence electrons. The van der Waals surface area contributed by atoms with E-state index in [9.17, 15) is 0 Å². The lowest BCUT2D eigenvalue weighted by atomic mass is 10.3. The topological polar surface area (TPSA) is 55.3 Å². The molecule has 0 saturated carbocycles. The molecule has 0 spiro atoms. The Hall–Kier alpha value is -1.26. The number of likely N-dealkylation sites (N-methyl/N-ethyl adjacent to an activating group) is 1. The summed E-state index contributed by atoms with van der Waals surface area (Å²) < 4.78 is 5.54. The third-order valence-electron chi connectivity index (χ3n) is 2.15. The zero-order valence-electron chi connectivity index (χ0n) is 8.40. The highest BCUT2D eigenvalue weighted by Crippen LogP contribution is 2.27. The molecule has 0 unspecified atom stereocenters. The fourth-order valence-electron chi connectivity index (χ4n) is 1.36. The van der Waals surface area contributed by atoms with Crippen molar-refractivity contribution in [1.29, 1.82) is 0 Å². The van der Waals surface area contributed by atoms with Crippen molar-refractivity contribution in [3.8, 4) is 0 Å². The van der Waals surface area contributed by atoms with Crippen molar-refractivity contribution in [2.24, 2.45) is 5.73 Å². The Morgan fingerprint density at radius 3 is 3.00 bits per heavy atom. The molecule has 0 amide bonds. The maximum Gasteiger partial charge on any atom is 0.298 e. The molecule has 15 heavy (non-hydrogen) atoms. The Bertz CT molecular complexity index is 469. The van der Waals surface area contributed by atoms with E-state index < -0.39 is 0 Å². The van der Waals surface area contributed by atoms with E-state index in [4.69, 9.17) is 21.8 Å². The fraction of sp³-hybridized carbons (Fsp3) is 0.300. The first-order chi connectivity index (χ1) is 7.22. The largest absolute Gasteiger partial charge is 0.422 e. The van der Waals surface area contributed by atoms with E-state index in [-0.39, 0.29) is 0 Å². The van der Waals surface area contributed by atoms with Crippen LogP contribution in [0, 0.1) is 0 Å². The molecule has 0 aliphatic carbocycles. The van der Waals surface area contributed by atoms with Crippen LogP contribution in [0.3, 0.4) is 0 Å². The molecule has 5 heteroatoms. The van der Waals surface area contributed by atoms with Gasteiger partial charge >= 0.3 is 0 Å². The van der Waals surface area contributed by atoms with Crippen molar-refractivity contribution in [3.05, 3.63) is 23.2 Å². The van der Waals surface area contributed by atoms with Crippen molar-refractivity contribution in [2.75, 3.05) is 25.0 Å². The molecule has 1 aromatic carbocycles. The van der Waals surface area contributed by atoms with E-state index in [1.807, 2.05) is 24.1 Å². The van der Waals surface area contributed by atoms with E-state index in [0.29, 0.717) is 29.7 Å². The molecule has 0 fully saturated rings. The van der Waals surface area contributed by atoms with Gasteiger partial charge in [0.25, 0.3) is 6.01 Å². The highest BCUT2D eigenvalue weighted by atomic mass is 35.5. The van der Waals surface area contributed by atoms with Crippen LogP contribution < -0.4 is 10.6 Å². The number of fused-ring (bicyclic) bond motifs is 1. The number of nitrogens with zero attached hydrogens (tertiary/aromatic N) is 2. The van der Waals surface area contributed by atoms with Gasteiger partial charge in [0.05, 0.1) is 5.02 Å². The Kier molecular flexibility index (Phi) is 2.79. The first kappa shape index (κ1) is 10.3. The van der Waals surface area contributed by atoms with Crippen LogP contribution in [0.5, 0.6) is 0 Å². The van der Waals surface area contributed by atoms with Gasteiger partial charge in [-0.25, -0.2) is 0 Å². The first-order valence-electron chi connectivity index (χ1n) is 4.68. The molecule has 0 saturated heterocycles. The predicted octanol–water partition coefficient (Wildman–Crippen LogP) is 1.88. The standard InChI is InChI=1S/C10H12ClN3O/c1-14(6-5-12)10-13-8-4-2-3-7(11)9(8)15-10/h2-4H,5-6,12H2,1H3. The van der Waals surface area contributed by atoms with Crippen LogP contribution in [-0.4, -0.2) is 25.1 Å². The van der Waals surface area contributed by atoms with Crippen LogP contribution in [0.4, 0.5) is 6.01 Å². The summed E-state index contributed by atoms with van der Waals surface area (Å²) in [5.74, 6) is 0. The summed E-state index contributed by atoms with van der Waals surface area (Å²) in [6, 6.07) is 6.04. The molecule has 1 aromatic heterocycles. The number of anilines is 1. The van der Waals surface area contributed by atoms with Gasteiger partial charge in [-0.2, -0.15) is 4.98 Å². The molecule has 1 heterocycles. The van der Waals surface area contributed by atoms with Crippen LogP contribution in [0.2, 0.25) is 5.02 Å². The van der Waals surface area contributed by atoms with Crippen LogP contribution >= 0.6 is 11.6 Å². The second-order valence-electron chi connectivity index (χ2n) is 3.29. The number of nitrogens with two attached hydrogens (primary N) is 1. The average molecular weight is 226 g/mol. The fourth-order valence-corrected chi connectivity index (χ4v) is 1.56. The summed E-state index contributed by atoms with van der Waals surface area (Å²) in [4.78, 5) is 6.17. The Morgan fingerprint density at radius 2 is 2.33 bits per heavy atom. The average Bonchev–Trinajstić information content (AvgIpc) is 2.63. The lowest BCUT2D eigenvalue weighted by Gasteiger charge is -2.11. The van der Waals surface area contributed by atoms with Crippen LogP contribution in [0.1, 0.15) is 0 Å². The van der Waals surface area contributed by atoms with Crippen molar-refractivity contribution < 1.29 is 4.42 Å². The Balaban J connectivity index is 2.43. The number of para-hydroxylation sites is 1. The second-order valence-corrected chi connectivity index (χ2v) is 3.70. The van der Waals surface area contributed by atoms with Crippen LogP contribution in [0.15, 0.2) is 22.6 Å². The molecule has 2 N–H and O–H groups in total. The molecular formula is C10H12ClN3O. The van der Waals surface area contributed by atoms with Gasteiger partial charge in [0.1, 0.15) is 5.52 Å². The number of aromatic nitrogens is 1. The van der Waals surface area contributed by atoms with Gasteiger partial charge in [0.15, 0.2) is 5.58 Å². The summed E-state index contributed by atoms with van der Waals surface area (Å²) in [7, 11) is 1.88. The van der Waals surface area contributed by atoms with Gasteiger partial charge in [-0.3, -0.25) is 0 Å². The van der Waals surface area contributed by atoms with E-state index in [2.05, 4.69) is 4.98 Å². The number of benzene rings is 1. The zero-order valence-corrected chi connectivity index (χ0v) is 9.16. The maximum absolute atomic E-state index is 5.98. The number of oxazole rings is 1. The Morgan fingerprint density at radius 1 is 1.53 bits per heavy atom. The van der Waals surface area contributed by atoms with Gasteiger partial charge in [-0.1, -0.05) is 17.7 Å². The molecular weight excluding hydrogens is 214 g/mol. The molecule has 2 aromatic rings. The zero-order chi connectivity index (χ0) is 10.8. The van der Waals surface area contributed by atoms with Gasteiger partial charge in [-0.05, 0) is 12.1 Å². The molecule has 4 nitrogen and oxygen atoms in total. The van der Waals surface area contributed by atoms with Crippen LogP contribution in [0.25, 0.3) is 11.1 Å². The van der Waals surface area contributed by atoms with E-state index in [1.165, 1.54) is 0 Å². The second kappa shape index (κ2) is 4.08. The summed E-state index contributed by atoms with van der Waals surface area (Å²) in [6.07, 6.45) is 0. The summed E-state index contributed by atoms with van der Waals surface area (Å²) in [5, 5.41) is 0.576. The molecule has 0 atom stereocenters. The minimum atomic E-state index is 0.545. The monoisotopic (exact) mass is 225 g/mol. The van der Waals surface area contributed by atoms with Gasteiger partial charge in [0.2, 0.25) is 0 Å². The van der Waals surface area contributed by atoms with Gasteiger partial charge in [-0.15, -0.1) is 0 Å². The lowest BCUT2D eigenvalue weighted by Crippen LogP contribution is -2.25. The number of hydrogen-bond donors (Lipinski definition) is 1. The number of hydrogen-bond acceptors (Lipinski definition) is 4. The predicted molar refractivity (Wildman–Crippen MR) is 61.3 cm³/mol. The first-order valence-corrected chi connectivity index (χ1v) is 5.06. The molecule has 2 rings (SSSR count). The van der Waals surface area contributed by atoms with Crippen molar-refractivity contribution >= 4 is 28.7 Å². The number of halogens is 1. The minimum absolute atomic E-state index is 0.545. The smallest absolute Gasteiger partial charge is 0.298 e. The summed E-state index contributed by atoms with van der Waals surface area (Å²) in [6.45, 7) is 1.26. The summed E-state index contributed by atoms with van der Waals surface area (Å²) in [5.41, 5.74) is 6.84. The molecule has 0 aliphatic rings. The SMILES string of the molecule is CN(CCN)c1nc2cccc(Cl)c2o1. The third kappa shape index (κ3) is 1.91. The Labute approximate surface area is 92.6 Å². The summed E-state index contributed by atoms with van der Waals surface area (Å²) >= 11 is 5.98. The minimum Gasteiger partial charge on any atom is -0.422 e. The van der Waals surface area contributed by atoms with Crippen molar-refractivity contribution in [1.82, 2.24) is 4.98 Å². The lowest BCUT2D eigenvalue weighted by molar-refractivity contribution is 0.584. The maximum atomic E-state index is 5.98. The van der Waals surface area contributed by atoms with Gasteiger partial charge in [0, 0.05) is 20.1 Å². The van der Waals surface area contributed by atoms with E-state index in [0.717, 1.165) is 5.52 Å². The highest BCUT2D eigenvalue weighted by molar-refractivity contribution is 6.34. The number of rotatable bonds is 3. The van der Waals surface area contributed by atoms with Crippen LogP contribution in [-0.2, 0) is 0 Å². The van der Waals surface area contributed by atoms with Gasteiger partial charge < -0.3 is 15.1 Å². The quantitative estimate of drug-likeness (QED) is 0.867. The molecule has 0 radical (unpaired) electrons.